The molecule has 0 radical (unpaired) electrons. The summed E-state index contributed by atoms with van der Waals surface area (Å²) in [5, 5.41) is 17.3. The van der Waals surface area contributed by atoms with Crippen LogP contribution >= 0.6 is 0 Å². The third-order valence-corrected chi connectivity index (χ3v) is 2.36. The molecular weight excluding hydrogens is 246 g/mol. The van der Waals surface area contributed by atoms with Crippen molar-refractivity contribution in [3.05, 3.63) is 35.3 Å². The summed E-state index contributed by atoms with van der Waals surface area (Å²) >= 11 is 0. The average Bonchev–Trinajstić information content (AvgIpc) is 2.83. The Hall–Kier alpha value is -2.44. The number of hydrogen-bond donors (Lipinski definition) is 2. The van der Waals surface area contributed by atoms with Crippen molar-refractivity contribution in [3.8, 4) is 0 Å². The third kappa shape index (κ3) is 3.51. The van der Waals surface area contributed by atoms with Crippen LogP contribution in [0.1, 0.15) is 28.9 Å². The topological polar surface area (TPSA) is 92.9 Å². The molecule has 0 aliphatic heterocycles. The van der Waals surface area contributed by atoms with Crippen LogP contribution in [0.4, 0.5) is 5.82 Å². The predicted molar refractivity (Wildman–Crippen MR) is 68.6 cm³/mol. The van der Waals surface area contributed by atoms with Crippen molar-refractivity contribution in [2.24, 2.45) is 0 Å². The molecule has 19 heavy (non-hydrogen) atoms. The molecule has 100 valence electrons. The maximum Gasteiger partial charge on any atom is 0.271 e. The van der Waals surface area contributed by atoms with Crippen LogP contribution in [0.25, 0.3) is 0 Å². The second-order valence-corrected chi connectivity index (χ2v) is 3.95. The molecule has 2 aromatic heterocycles. The van der Waals surface area contributed by atoms with Gasteiger partial charge in [-0.3, -0.25) is 4.79 Å². The van der Waals surface area contributed by atoms with E-state index in [1.54, 1.807) is 12.1 Å². The van der Waals surface area contributed by atoms with Gasteiger partial charge in [-0.2, -0.15) is 0 Å². The highest BCUT2D eigenvalue weighted by Gasteiger charge is 2.06. The molecule has 7 heteroatoms. The number of rotatable bonds is 5. The smallest absolute Gasteiger partial charge is 0.271 e. The fraction of sp³-hybridized carbons (Fsp3) is 0.333. The number of hydrogen-bond acceptors (Lipinski definition) is 6. The molecule has 2 heterocycles. The minimum atomic E-state index is -0.228. The molecule has 0 aliphatic rings. The molecule has 0 saturated carbocycles. The zero-order chi connectivity index (χ0) is 13.7. The number of carbonyl (C=O) groups excluding carboxylic acids is 1. The Morgan fingerprint density at radius 1 is 1.37 bits per heavy atom. The molecule has 0 bridgehead atoms. The number of carbonyl (C=O) groups is 1. The van der Waals surface area contributed by atoms with Crippen molar-refractivity contribution in [1.82, 2.24) is 20.7 Å². The Labute approximate surface area is 110 Å². The average molecular weight is 261 g/mol. The van der Waals surface area contributed by atoms with Gasteiger partial charge in [-0.15, -0.1) is 10.2 Å². The number of aryl methyl sites for hydroxylation is 1. The van der Waals surface area contributed by atoms with Crippen molar-refractivity contribution in [2.75, 3.05) is 11.9 Å². The normalized spacial score (nSPS) is 10.2. The minimum absolute atomic E-state index is 0.228. The third-order valence-electron chi connectivity index (χ3n) is 2.36. The Bertz CT molecular complexity index is 550. The summed E-state index contributed by atoms with van der Waals surface area (Å²) in [7, 11) is 0. The van der Waals surface area contributed by atoms with Crippen molar-refractivity contribution >= 4 is 11.7 Å². The first-order valence-electron chi connectivity index (χ1n) is 5.97. The number of nitrogens with one attached hydrogen (secondary N) is 2. The van der Waals surface area contributed by atoms with Gasteiger partial charge in [-0.05, 0) is 26.0 Å². The van der Waals surface area contributed by atoms with Crippen molar-refractivity contribution < 1.29 is 9.32 Å². The van der Waals surface area contributed by atoms with Gasteiger partial charge in [0.15, 0.2) is 5.69 Å². The van der Waals surface area contributed by atoms with Gasteiger partial charge in [-0.25, -0.2) is 0 Å². The molecule has 2 rings (SSSR count). The molecule has 2 aromatic rings. The summed E-state index contributed by atoms with van der Waals surface area (Å²) in [6.07, 6.45) is 0. The van der Waals surface area contributed by atoms with Gasteiger partial charge in [0, 0.05) is 12.6 Å². The first-order chi connectivity index (χ1) is 9.19. The highest BCUT2D eigenvalue weighted by molar-refractivity contribution is 5.92. The highest BCUT2D eigenvalue weighted by atomic mass is 16.5. The maximum absolute atomic E-state index is 11.5. The van der Waals surface area contributed by atoms with Crippen LogP contribution in [0, 0.1) is 6.92 Å². The lowest BCUT2D eigenvalue weighted by molar-refractivity contribution is 0.0950. The van der Waals surface area contributed by atoms with Crippen molar-refractivity contribution in [2.45, 2.75) is 20.4 Å². The predicted octanol–water partition coefficient (Wildman–Crippen LogP) is 1.13. The largest absolute Gasteiger partial charge is 0.363 e. The lowest BCUT2D eigenvalue weighted by Crippen LogP contribution is -2.24. The standard InChI is InChI=1S/C12H15N5O2/c1-3-13-12(18)10-4-5-11(16-15-10)14-7-9-6-8(2)19-17-9/h4-6H,3,7H2,1-2H3,(H,13,18)(H,14,16). The van der Waals surface area contributed by atoms with Gasteiger partial charge in [0.1, 0.15) is 17.3 Å². The molecule has 0 aliphatic carbocycles. The van der Waals surface area contributed by atoms with Gasteiger partial charge in [-0.1, -0.05) is 5.16 Å². The number of amides is 1. The SMILES string of the molecule is CCNC(=O)c1ccc(NCc2cc(C)on2)nn1. The Morgan fingerprint density at radius 3 is 2.79 bits per heavy atom. The van der Waals surface area contributed by atoms with Gasteiger partial charge in [0.25, 0.3) is 5.91 Å². The molecule has 1 amide bonds. The summed E-state index contributed by atoms with van der Waals surface area (Å²) in [5.41, 5.74) is 1.08. The van der Waals surface area contributed by atoms with E-state index >= 15 is 0 Å². The zero-order valence-corrected chi connectivity index (χ0v) is 10.8. The molecule has 0 unspecified atom stereocenters. The van der Waals surface area contributed by atoms with Crippen LogP contribution in [-0.2, 0) is 6.54 Å². The minimum Gasteiger partial charge on any atom is -0.363 e. The monoisotopic (exact) mass is 261 g/mol. The van der Waals surface area contributed by atoms with Gasteiger partial charge in [0.2, 0.25) is 0 Å². The quantitative estimate of drug-likeness (QED) is 0.838. The van der Waals surface area contributed by atoms with E-state index in [2.05, 4.69) is 26.0 Å². The van der Waals surface area contributed by atoms with Gasteiger partial charge < -0.3 is 15.2 Å². The lowest BCUT2D eigenvalue weighted by atomic mass is 10.3. The molecule has 7 nitrogen and oxygen atoms in total. The van der Waals surface area contributed by atoms with Gasteiger partial charge in [0.05, 0.1) is 6.54 Å². The Balaban J connectivity index is 1.93. The molecule has 2 N–H and O–H groups in total. The first-order valence-corrected chi connectivity index (χ1v) is 5.97. The van der Waals surface area contributed by atoms with E-state index in [1.165, 1.54) is 0 Å². The van der Waals surface area contributed by atoms with Crippen molar-refractivity contribution in [3.63, 3.8) is 0 Å². The van der Waals surface area contributed by atoms with Crippen LogP contribution in [0.15, 0.2) is 22.7 Å². The van der Waals surface area contributed by atoms with Crippen LogP contribution in [0.5, 0.6) is 0 Å². The molecule has 0 saturated heterocycles. The summed E-state index contributed by atoms with van der Waals surface area (Å²) in [5.74, 6) is 1.11. The molecule has 0 atom stereocenters. The molecular formula is C12H15N5O2. The number of aromatic nitrogens is 3. The van der Waals surface area contributed by atoms with E-state index in [-0.39, 0.29) is 5.91 Å². The second kappa shape index (κ2) is 5.94. The summed E-state index contributed by atoms with van der Waals surface area (Å²) in [6, 6.07) is 5.16. The van der Waals surface area contributed by atoms with E-state index in [0.717, 1.165) is 11.5 Å². The summed E-state index contributed by atoms with van der Waals surface area (Å²) < 4.78 is 4.95. The van der Waals surface area contributed by atoms with E-state index in [9.17, 15) is 4.79 Å². The maximum atomic E-state index is 11.5. The molecule has 0 spiro atoms. The number of nitrogens with zero attached hydrogens (tertiary/aromatic N) is 3. The zero-order valence-electron chi connectivity index (χ0n) is 10.8. The molecule has 0 fully saturated rings. The fourth-order valence-electron chi connectivity index (χ4n) is 1.48. The van der Waals surface area contributed by atoms with Gasteiger partial charge >= 0.3 is 0 Å². The Morgan fingerprint density at radius 2 is 2.21 bits per heavy atom. The van der Waals surface area contributed by atoms with Crippen LogP contribution in [0.2, 0.25) is 0 Å². The first kappa shape index (κ1) is 13.0. The van der Waals surface area contributed by atoms with E-state index in [1.807, 2.05) is 19.9 Å². The van der Waals surface area contributed by atoms with Crippen molar-refractivity contribution in [1.29, 1.82) is 0 Å². The fourth-order valence-corrected chi connectivity index (χ4v) is 1.48. The van der Waals surface area contributed by atoms with Crippen LogP contribution < -0.4 is 10.6 Å². The van der Waals surface area contributed by atoms with Crippen LogP contribution in [-0.4, -0.2) is 27.8 Å². The van der Waals surface area contributed by atoms with E-state index < -0.39 is 0 Å². The second-order valence-electron chi connectivity index (χ2n) is 3.95. The summed E-state index contributed by atoms with van der Waals surface area (Å²) in [6.45, 7) is 4.73. The highest BCUT2D eigenvalue weighted by Crippen LogP contribution is 2.06. The van der Waals surface area contributed by atoms with E-state index in [0.29, 0.717) is 24.6 Å². The van der Waals surface area contributed by atoms with Crippen LogP contribution in [0.3, 0.4) is 0 Å². The molecule has 0 aromatic carbocycles. The summed E-state index contributed by atoms with van der Waals surface area (Å²) in [4.78, 5) is 11.5. The lowest BCUT2D eigenvalue weighted by Gasteiger charge is -2.03. The van der Waals surface area contributed by atoms with E-state index in [4.69, 9.17) is 4.52 Å². The number of anilines is 1. The Kier molecular flexibility index (Phi) is 4.07.